The van der Waals surface area contributed by atoms with Crippen molar-refractivity contribution in [3.05, 3.63) is 64.8 Å². The summed E-state index contributed by atoms with van der Waals surface area (Å²) >= 11 is 0. The number of esters is 1. The van der Waals surface area contributed by atoms with Crippen molar-refractivity contribution in [2.24, 2.45) is 0 Å². The zero-order valence-electron chi connectivity index (χ0n) is 18.6. The van der Waals surface area contributed by atoms with Gasteiger partial charge in [-0.1, -0.05) is 44.2 Å². The molecule has 0 saturated carbocycles. The summed E-state index contributed by atoms with van der Waals surface area (Å²) in [4.78, 5) is 11.5. The van der Waals surface area contributed by atoms with E-state index >= 15 is 0 Å². The molecule has 0 bridgehead atoms. The third-order valence-corrected chi connectivity index (χ3v) is 5.34. The Morgan fingerprint density at radius 1 is 1.28 bits per heavy atom. The van der Waals surface area contributed by atoms with E-state index in [0.717, 1.165) is 24.0 Å². The summed E-state index contributed by atoms with van der Waals surface area (Å²) < 4.78 is 16.0. The molecule has 158 valence electrons. The summed E-state index contributed by atoms with van der Waals surface area (Å²) in [6, 6.07) is 6.66. The average molecular weight is 399 g/mol. The van der Waals surface area contributed by atoms with Crippen LogP contribution >= 0.6 is 0 Å². The molecule has 4 nitrogen and oxygen atoms in total. The van der Waals surface area contributed by atoms with E-state index in [2.05, 4.69) is 45.0 Å². The molecule has 4 heteroatoms. The maximum atomic E-state index is 11.5. The normalized spacial score (nSPS) is 19.3. The number of hydrogen-bond donors (Lipinski definition) is 0. The monoisotopic (exact) mass is 398 g/mol. The molecule has 1 aliphatic rings. The molecule has 0 fully saturated rings. The van der Waals surface area contributed by atoms with Crippen molar-refractivity contribution in [2.45, 2.75) is 59.0 Å². The standard InChI is InChI=1S/C25H34O4/c1-7-28-24(26)15-18(2)9-8-10-19(3)20-11-12-22-21(16-20)23(29-17-27-6)13-14-25(22,4)5/h8-12,15-16,23H,7,13-14,17H2,1-6H3/b9-8+,18-15-,19-10+. The van der Waals surface area contributed by atoms with E-state index in [1.807, 2.05) is 19.1 Å². The third-order valence-electron chi connectivity index (χ3n) is 5.34. The third kappa shape index (κ3) is 6.41. The highest BCUT2D eigenvalue weighted by atomic mass is 16.7. The van der Waals surface area contributed by atoms with Gasteiger partial charge in [0.2, 0.25) is 0 Å². The molecule has 0 heterocycles. The van der Waals surface area contributed by atoms with E-state index in [9.17, 15) is 4.79 Å². The van der Waals surface area contributed by atoms with E-state index < -0.39 is 0 Å². The van der Waals surface area contributed by atoms with Gasteiger partial charge in [-0.15, -0.1) is 0 Å². The highest BCUT2D eigenvalue weighted by Crippen LogP contribution is 2.43. The van der Waals surface area contributed by atoms with Gasteiger partial charge in [0.25, 0.3) is 0 Å². The van der Waals surface area contributed by atoms with Gasteiger partial charge in [0.15, 0.2) is 0 Å². The van der Waals surface area contributed by atoms with Crippen LogP contribution in [0.4, 0.5) is 0 Å². The molecule has 0 N–H and O–H groups in total. The molecule has 0 aromatic heterocycles. The van der Waals surface area contributed by atoms with Gasteiger partial charge in [-0.25, -0.2) is 4.79 Å². The van der Waals surface area contributed by atoms with Crippen LogP contribution in [0.25, 0.3) is 5.57 Å². The smallest absolute Gasteiger partial charge is 0.330 e. The van der Waals surface area contributed by atoms with Crippen LogP contribution in [0.1, 0.15) is 70.3 Å². The Hall–Kier alpha value is -2.17. The molecule has 1 unspecified atom stereocenters. The lowest BCUT2D eigenvalue weighted by molar-refractivity contribution is -0.137. The fourth-order valence-corrected chi connectivity index (χ4v) is 3.65. The Morgan fingerprint density at radius 2 is 2.03 bits per heavy atom. The number of rotatable bonds is 8. The zero-order valence-corrected chi connectivity index (χ0v) is 18.6. The fourth-order valence-electron chi connectivity index (χ4n) is 3.65. The molecule has 29 heavy (non-hydrogen) atoms. The average Bonchev–Trinajstić information content (AvgIpc) is 2.67. The van der Waals surface area contributed by atoms with Gasteiger partial charge in [-0.3, -0.25) is 0 Å². The quantitative estimate of drug-likeness (QED) is 0.237. The van der Waals surface area contributed by atoms with Crippen LogP contribution in [0.5, 0.6) is 0 Å². The highest BCUT2D eigenvalue weighted by Gasteiger charge is 2.33. The minimum Gasteiger partial charge on any atom is -0.463 e. The van der Waals surface area contributed by atoms with Crippen molar-refractivity contribution in [3.8, 4) is 0 Å². The van der Waals surface area contributed by atoms with Gasteiger partial charge in [0.05, 0.1) is 12.7 Å². The Bertz CT molecular complexity index is 799. The van der Waals surface area contributed by atoms with Crippen LogP contribution in [0.3, 0.4) is 0 Å². The number of fused-ring (bicyclic) bond motifs is 1. The molecule has 0 amide bonds. The molecule has 0 saturated heterocycles. The van der Waals surface area contributed by atoms with Gasteiger partial charge < -0.3 is 14.2 Å². The summed E-state index contributed by atoms with van der Waals surface area (Å²) in [7, 11) is 1.65. The molecule has 1 aromatic rings. The number of benzene rings is 1. The molecule has 1 aromatic carbocycles. The van der Waals surface area contributed by atoms with Gasteiger partial charge in [-0.2, -0.15) is 0 Å². The Morgan fingerprint density at radius 3 is 2.72 bits per heavy atom. The summed E-state index contributed by atoms with van der Waals surface area (Å²) in [5.74, 6) is -0.310. The first-order chi connectivity index (χ1) is 13.8. The van der Waals surface area contributed by atoms with Gasteiger partial charge in [0, 0.05) is 13.2 Å². The second-order valence-electron chi connectivity index (χ2n) is 8.14. The number of ether oxygens (including phenoxy) is 3. The molecular weight excluding hydrogens is 364 g/mol. The van der Waals surface area contributed by atoms with Crippen molar-refractivity contribution in [1.82, 2.24) is 0 Å². The Balaban J connectivity index is 2.23. The largest absolute Gasteiger partial charge is 0.463 e. The highest BCUT2D eigenvalue weighted by molar-refractivity contribution is 5.83. The van der Waals surface area contributed by atoms with Gasteiger partial charge >= 0.3 is 5.97 Å². The minimum atomic E-state index is -0.310. The van der Waals surface area contributed by atoms with E-state index in [-0.39, 0.29) is 17.5 Å². The number of carbonyl (C=O) groups is 1. The van der Waals surface area contributed by atoms with Crippen LogP contribution in [-0.2, 0) is 24.4 Å². The summed E-state index contributed by atoms with van der Waals surface area (Å²) in [5.41, 5.74) is 5.93. The Kier molecular flexibility index (Phi) is 8.42. The van der Waals surface area contributed by atoms with Crippen molar-refractivity contribution in [1.29, 1.82) is 0 Å². The van der Waals surface area contributed by atoms with Crippen LogP contribution in [0.15, 0.2) is 48.1 Å². The van der Waals surface area contributed by atoms with E-state index in [0.29, 0.717) is 13.4 Å². The van der Waals surface area contributed by atoms with E-state index in [4.69, 9.17) is 14.2 Å². The SMILES string of the molecule is CCOC(=O)\C=C(C)/C=C/C=C(\C)c1ccc2c(c1)C(OCOC)CCC2(C)C. The molecule has 1 atom stereocenters. The van der Waals surface area contributed by atoms with Crippen molar-refractivity contribution in [2.75, 3.05) is 20.5 Å². The van der Waals surface area contributed by atoms with Crippen molar-refractivity contribution in [3.63, 3.8) is 0 Å². The maximum absolute atomic E-state index is 11.5. The summed E-state index contributed by atoms with van der Waals surface area (Å²) in [6.07, 6.45) is 9.58. The first-order valence-electron chi connectivity index (χ1n) is 10.2. The molecule has 0 radical (unpaired) electrons. The van der Waals surface area contributed by atoms with Crippen molar-refractivity contribution < 1.29 is 19.0 Å². The first-order valence-corrected chi connectivity index (χ1v) is 10.2. The zero-order chi connectivity index (χ0) is 21.4. The van der Waals surface area contributed by atoms with E-state index in [1.54, 1.807) is 14.0 Å². The topological polar surface area (TPSA) is 44.8 Å². The van der Waals surface area contributed by atoms with E-state index in [1.165, 1.54) is 22.8 Å². The predicted molar refractivity (Wildman–Crippen MR) is 118 cm³/mol. The molecule has 2 rings (SSSR count). The first kappa shape index (κ1) is 23.1. The van der Waals surface area contributed by atoms with Crippen molar-refractivity contribution >= 4 is 11.5 Å². The summed E-state index contributed by atoms with van der Waals surface area (Å²) in [6.45, 7) is 11.1. The van der Waals surface area contributed by atoms with Gasteiger partial charge in [-0.05, 0) is 72.9 Å². The molecule has 0 aliphatic heterocycles. The lowest BCUT2D eigenvalue weighted by atomic mass is 9.71. The van der Waals surface area contributed by atoms with Crippen LogP contribution in [0, 0.1) is 0 Å². The van der Waals surface area contributed by atoms with Crippen LogP contribution < -0.4 is 0 Å². The second kappa shape index (κ2) is 10.6. The molecule has 1 aliphatic carbocycles. The number of methoxy groups -OCH3 is 1. The predicted octanol–water partition coefficient (Wildman–Crippen LogP) is 5.89. The minimum absolute atomic E-state index is 0.0658. The Labute approximate surface area is 175 Å². The summed E-state index contributed by atoms with van der Waals surface area (Å²) in [5, 5.41) is 0. The lowest BCUT2D eigenvalue weighted by Crippen LogP contribution is -2.27. The fraction of sp³-hybridized carbons (Fsp3) is 0.480. The number of allylic oxidation sites excluding steroid dienone is 5. The molecular formula is C25H34O4. The number of carbonyl (C=O) groups excluding carboxylic acids is 1. The number of hydrogen-bond acceptors (Lipinski definition) is 4. The molecule has 0 spiro atoms. The van der Waals surface area contributed by atoms with Crippen LogP contribution in [0.2, 0.25) is 0 Å². The van der Waals surface area contributed by atoms with Gasteiger partial charge in [0.1, 0.15) is 6.79 Å². The van der Waals surface area contributed by atoms with Crippen LogP contribution in [-0.4, -0.2) is 26.5 Å². The maximum Gasteiger partial charge on any atom is 0.330 e. The lowest BCUT2D eigenvalue weighted by Gasteiger charge is -2.37. The second-order valence-corrected chi connectivity index (χ2v) is 8.14.